The molecule has 4 aromatic carbocycles. The van der Waals surface area contributed by atoms with Crippen LogP contribution >= 0.6 is 0 Å². The second-order valence-corrected chi connectivity index (χ2v) is 5.82. The van der Waals surface area contributed by atoms with E-state index in [1.54, 1.807) is 0 Å². The normalized spacial score (nSPS) is 11.1. The second-order valence-electron chi connectivity index (χ2n) is 5.82. The maximum atomic E-state index is 5.99. The van der Waals surface area contributed by atoms with Gasteiger partial charge in [0.15, 0.2) is 0 Å². The number of rotatable bonds is 1. The number of aryl methyl sites for hydroxylation is 1. The minimum atomic E-state index is 0.804. The van der Waals surface area contributed by atoms with Crippen molar-refractivity contribution >= 4 is 34.9 Å². The summed E-state index contributed by atoms with van der Waals surface area (Å²) in [7, 11) is 5.99. The van der Waals surface area contributed by atoms with Crippen LogP contribution in [0.1, 0.15) is 5.56 Å². The molecule has 1 heteroatoms. The lowest BCUT2D eigenvalue weighted by Gasteiger charge is -2.13. The maximum Gasteiger partial charge on any atom is 0.113 e. The van der Waals surface area contributed by atoms with Crippen molar-refractivity contribution in [2.45, 2.75) is 6.92 Å². The lowest BCUT2D eigenvalue weighted by molar-refractivity contribution is 1.51. The van der Waals surface area contributed by atoms with Gasteiger partial charge in [-0.25, -0.2) is 0 Å². The number of hydrogen-bond donors (Lipinski definition) is 0. The van der Waals surface area contributed by atoms with Crippen LogP contribution in [0.15, 0.2) is 72.8 Å². The molecule has 0 saturated heterocycles. The van der Waals surface area contributed by atoms with Crippen molar-refractivity contribution < 1.29 is 0 Å². The molecule has 0 unspecified atom stereocenters. The monoisotopic (exact) mass is 278 g/mol. The van der Waals surface area contributed by atoms with Gasteiger partial charge in [0, 0.05) is 0 Å². The van der Waals surface area contributed by atoms with Crippen molar-refractivity contribution in [3.8, 4) is 11.1 Å². The summed E-state index contributed by atoms with van der Waals surface area (Å²) in [6, 6.07) is 25.6. The topological polar surface area (TPSA) is 0 Å². The van der Waals surface area contributed by atoms with E-state index in [4.69, 9.17) is 7.85 Å². The van der Waals surface area contributed by atoms with E-state index in [0.717, 1.165) is 5.46 Å². The van der Waals surface area contributed by atoms with Crippen LogP contribution in [0.25, 0.3) is 32.7 Å². The first-order valence-electron chi connectivity index (χ1n) is 7.50. The molecule has 0 saturated carbocycles. The average molecular weight is 278 g/mol. The van der Waals surface area contributed by atoms with Crippen LogP contribution in [-0.2, 0) is 0 Å². The van der Waals surface area contributed by atoms with E-state index in [9.17, 15) is 0 Å². The molecule has 0 aliphatic rings. The van der Waals surface area contributed by atoms with E-state index in [1.807, 2.05) is 6.07 Å². The summed E-state index contributed by atoms with van der Waals surface area (Å²) in [6.45, 7) is 2.13. The molecular formula is C21H15B. The van der Waals surface area contributed by atoms with Crippen LogP contribution in [-0.4, -0.2) is 7.85 Å². The Morgan fingerprint density at radius 1 is 0.682 bits per heavy atom. The Bertz CT molecular complexity index is 925. The van der Waals surface area contributed by atoms with Crippen LogP contribution < -0.4 is 5.46 Å². The zero-order chi connectivity index (χ0) is 15.1. The molecule has 0 nitrogen and oxygen atoms in total. The smallest absolute Gasteiger partial charge is 0.0960 e. The zero-order valence-electron chi connectivity index (χ0n) is 12.5. The fraction of sp³-hybridized carbons (Fsp3) is 0.0476. The van der Waals surface area contributed by atoms with Crippen molar-refractivity contribution in [3.63, 3.8) is 0 Å². The predicted molar refractivity (Wildman–Crippen MR) is 97.0 cm³/mol. The summed E-state index contributed by atoms with van der Waals surface area (Å²) >= 11 is 0. The van der Waals surface area contributed by atoms with Crippen LogP contribution in [0.2, 0.25) is 0 Å². The summed E-state index contributed by atoms with van der Waals surface area (Å²) in [6.07, 6.45) is 0. The quantitative estimate of drug-likeness (QED) is 0.348. The molecule has 0 N–H and O–H groups in total. The van der Waals surface area contributed by atoms with Gasteiger partial charge in [0.25, 0.3) is 0 Å². The largest absolute Gasteiger partial charge is 0.113 e. The van der Waals surface area contributed by atoms with E-state index in [2.05, 4.69) is 73.7 Å². The Kier molecular flexibility index (Phi) is 3.01. The Balaban J connectivity index is 2.22. The van der Waals surface area contributed by atoms with Crippen molar-refractivity contribution in [3.05, 3.63) is 78.4 Å². The minimum Gasteiger partial charge on any atom is -0.0960 e. The van der Waals surface area contributed by atoms with Gasteiger partial charge < -0.3 is 0 Å². The van der Waals surface area contributed by atoms with Crippen LogP contribution in [0, 0.1) is 6.92 Å². The summed E-state index contributed by atoms with van der Waals surface area (Å²) in [5.74, 6) is 0. The molecule has 0 heterocycles. The molecule has 0 aliphatic carbocycles. The van der Waals surface area contributed by atoms with E-state index >= 15 is 0 Å². The van der Waals surface area contributed by atoms with Crippen LogP contribution in [0.5, 0.6) is 0 Å². The van der Waals surface area contributed by atoms with Gasteiger partial charge in [-0.05, 0) is 45.7 Å². The predicted octanol–water partition coefficient (Wildman–Crippen LogP) is 4.76. The summed E-state index contributed by atoms with van der Waals surface area (Å²) in [5.41, 5.74) is 4.60. The molecule has 0 aromatic heterocycles. The highest BCUT2D eigenvalue weighted by molar-refractivity contribution is 6.33. The van der Waals surface area contributed by atoms with E-state index < -0.39 is 0 Å². The van der Waals surface area contributed by atoms with Gasteiger partial charge in [0.05, 0.1) is 0 Å². The molecule has 0 fully saturated rings. The molecule has 4 rings (SSSR count). The van der Waals surface area contributed by atoms with Gasteiger partial charge in [-0.3, -0.25) is 0 Å². The van der Waals surface area contributed by atoms with Crippen molar-refractivity contribution in [1.29, 1.82) is 0 Å². The lowest BCUT2D eigenvalue weighted by Crippen LogP contribution is -2.00. The standard InChI is InChI=1S/C21H15B/c1-14-7-9-19-16(11-14)12-17-13-18(22)8-10-20(17)21(19)15-5-3-2-4-6-15/h2-13H,1H3. The first-order valence-corrected chi connectivity index (χ1v) is 7.50. The summed E-state index contributed by atoms with van der Waals surface area (Å²) < 4.78 is 0. The second kappa shape index (κ2) is 5.03. The van der Waals surface area contributed by atoms with Crippen molar-refractivity contribution in [1.82, 2.24) is 0 Å². The number of benzene rings is 4. The maximum absolute atomic E-state index is 5.99. The average Bonchev–Trinajstić information content (AvgIpc) is 2.53. The molecule has 0 amide bonds. The third kappa shape index (κ3) is 2.10. The van der Waals surface area contributed by atoms with Crippen molar-refractivity contribution in [2.75, 3.05) is 0 Å². The van der Waals surface area contributed by atoms with Crippen LogP contribution in [0.4, 0.5) is 0 Å². The van der Waals surface area contributed by atoms with Crippen LogP contribution in [0.3, 0.4) is 0 Å². The number of hydrogen-bond acceptors (Lipinski definition) is 0. The van der Waals surface area contributed by atoms with Gasteiger partial charge in [0.1, 0.15) is 7.85 Å². The molecule has 0 bridgehead atoms. The lowest BCUT2D eigenvalue weighted by atomic mass is 9.87. The molecule has 4 aromatic rings. The number of fused-ring (bicyclic) bond motifs is 2. The molecular weight excluding hydrogens is 263 g/mol. The molecule has 0 aliphatic heterocycles. The van der Waals surface area contributed by atoms with Gasteiger partial charge >= 0.3 is 0 Å². The molecule has 0 atom stereocenters. The highest BCUT2D eigenvalue weighted by Gasteiger charge is 2.09. The Hall–Kier alpha value is -2.54. The Morgan fingerprint density at radius 2 is 1.36 bits per heavy atom. The third-order valence-electron chi connectivity index (χ3n) is 4.19. The summed E-state index contributed by atoms with van der Waals surface area (Å²) in [4.78, 5) is 0. The fourth-order valence-electron chi connectivity index (χ4n) is 3.19. The van der Waals surface area contributed by atoms with E-state index in [1.165, 1.54) is 38.2 Å². The zero-order valence-corrected chi connectivity index (χ0v) is 12.5. The summed E-state index contributed by atoms with van der Waals surface area (Å²) in [5, 5.41) is 4.99. The van der Waals surface area contributed by atoms with E-state index in [-0.39, 0.29) is 0 Å². The van der Waals surface area contributed by atoms with Gasteiger partial charge in [-0.15, -0.1) is 0 Å². The Morgan fingerprint density at radius 3 is 2.14 bits per heavy atom. The SMILES string of the molecule is [B]c1ccc2c(-c3ccccc3)c3ccc(C)cc3cc2c1. The van der Waals surface area contributed by atoms with Gasteiger partial charge in [0.2, 0.25) is 0 Å². The first kappa shape index (κ1) is 13.2. The fourth-order valence-corrected chi connectivity index (χ4v) is 3.19. The molecule has 2 radical (unpaired) electrons. The highest BCUT2D eigenvalue weighted by atomic mass is 14.1. The third-order valence-corrected chi connectivity index (χ3v) is 4.19. The van der Waals surface area contributed by atoms with Crippen molar-refractivity contribution in [2.24, 2.45) is 0 Å². The first-order chi connectivity index (χ1) is 10.7. The Labute approximate surface area is 131 Å². The molecule has 0 spiro atoms. The van der Waals surface area contributed by atoms with Gasteiger partial charge in [-0.2, -0.15) is 0 Å². The minimum absolute atomic E-state index is 0.804. The molecule has 22 heavy (non-hydrogen) atoms. The van der Waals surface area contributed by atoms with E-state index in [0.29, 0.717) is 0 Å². The molecule has 102 valence electrons. The van der Waals surface area contributed by atoms with Gasteiger partial charge in [-0.1, -0.05) is 77.8 Å². The highest BCUT2D eigenvalue weighted by Crippen LogP contribution is 2.36.